The maximum atomic E-state index is 11.0. The van der Waals surface area contributed by atoms with Crippen molar-refractivity contribution >= 4 is 17.9 Å². The third-order valence-corrected chi connectivity index (χ3v) is 1.92. The number of hydrogen-bond acceptors (Lipinski definition) is 3. The fourth-order valence-corrected chi connectivity index (χ4v) is 1.12. The van der Waals surface area contributed by atoms with Crippen molar-refractivity contribution in [2.75, 3.05) is 6.61 Å². The van der Waals surface area contributed by atoms with E-state index in [2.05, 4.69) is 15.3 Å². The number of amides is 1. The fourth-order valence-electron chi connectivity index (χ4n) is 1.12. The number of carbonyl (C=O) groups is 1. The van der Waals surface area contributed by atoms with Crippen molar-refractivity contribution < 1.29 is 9.53 Å². The zero-order chi connectivity index (χ0) is 12.5. The van der Waals surface area contributed by atoms with Gasteiger partial charge in [-0.1, -0.05) is 36.4 Å². The van der Waals surface area contributed by atoms with Gasteiger partial charge in [0.2, 0.25) is 0 Å². The van der Waals surface area contributed by atoms with Crippen LogP contribution >= 0.6 is 0 Å². The van der Waals surface area contributed by atoms with Gasteiger partial charge in [-0.05, 0) is 25.5 Å². The molecule has 0 aromatic heterocycles. The predicted octanol–water partition coefficient (Wildman–Crippen LogP) is 2.82. The molecule has 1 aromatic rings. The maximum Gasteiger partial charge on any atom is 0.427 e. The summed E-state index contributed by atoms with van der Waals surface area (Å²) in [6.45, 7) is 3.87. The first-order valence-electron chi connectivity index (χ1n) is 5.42. The lowest BCUT2D eigenvalue weighted by Gasteiger charge is -1.99. The summed E-state index contributed by atoms with van der Waals surface area (Å²) in [4.78, 5) is 11.0. The summed E-state index contributed by atoms with van der Waals surface area (Å²) in [6, 6.07) is 9.86. The Balaban J connectivity index is 2.48. The van der Waals surface area contributed by atoms with Crippen LogP contribution in [0.15, 0.2) is 41.5 Å². The standard InChI is InChI=1S/C13H16N2O2/c1-3-17-13(16)15-14-11(2)9-10-12-7-5-4-6-8-12/h4-10H,3H2,1-2H3,(H,15,16)/b10-9+,14-11?. The van der Waals surface area contributed by atoms with E-state index in [1.54, 1.807) is 13.8 Å². The van der Waals surface area contributed by atoms with Crippen LogP contribution < -0.4 is 5.43 Å². The van der Waals surface area contributed by atoms with E-state index in [9.17, 15) is 4.79 Å². The monoisotopic (exact) mass is 232 g/mol. The highest BCUT2D eigenvalue weighted by Crippen LogP contribution is 2.00. The molecule has 4 nitrogen and oxygen atoms in total. The van der Waals surface area contributed by atoms with Crippen molar-refractivity contribution in [3.63, 3.8) is 0 Å². The van der Waals surface area contributed by atoms with Crippen LogP contribution in [0.25, 0.3) is 6.08 Å². The first kappa shape index (κ1) is 13.0. The minimum atomic E-state index is -0.542. The molecule has 0 fully saturated rings. The van der Waals surface area contributed by atoms with Crippen LogP contribution in [-0.4, -0.2) is 18.4 Å². The molecule has 17 heavy (non-hydrogen) atoms. The van der Waals surface area contributed by atoms with E-state index >= 15 is 0 Å². The Labute approximate surface area is 101 Å². The summed E-state index contributed by atoms with van der Waals surface area (Å²) < 4.78 is 4.67. The van der Waals surface area contributed by atoms with Gasteiger partial charge in [-0.3, -0.25) is 0 Å². The van der Waals surface area contributed by atoms with Crippen molar-refractivity contribution in [3.8, 4) is 0 Å². The molecule has 0 saturated heterocycles. The number of nitrogens with zero attached hydrogens (tertiary/aromatic N) is 1. The molecular weight excluding hydrogens is 216 g/mol. The van der Waals surface area contributed by atoms with Crippen LogP contribution in [-0.2, 0) is 4.74 Å². The Morgan fingerprint density at radius 2 is 2.12 bits per heavy atom. The van der Waals surface area contributed by atoms with E-state index in [4.69, 9.17) is 0 Å². The van der Waals surface area contributed by atoms with Gasteiger partial charge in [0.15, 0.2) is 0 Å². The molecule has 0 bridgehead atoms. The van der Waals surface area contributed by atoms with E-state index in [-0.39, 0.29) is 0 Å². The zero-order valence-electron chi connectivity index (χ0n) is 10.0. The van der Waals surface area contributed by atoms with Gasteiger partial charge in [0.1, 0.15) is 0 Å². The Kier molecular flexibility index (Phi) is 5.51. The zero-order valence-corrected chi connectivity index (χ0v) is 10.0. The van der Waals surface area contributed by atoms with Gasteiger partial charge < -0.3 is 4.74 Å². The van der Waals surface area contributed by atoms with E-state index < -0.39 is 6.09 Å². The summed E-state index contributed by atoms with van der Waals surface area (Å²) in [5.74, 6) is 0. The number of hydrogen-bond donors (Lipinski definition) is 1. The van der Waals surface area contributed by atoms with Gasteiger partial charge >= 0.3 is 6.09 Å². The summed E-state index contributed by atoms with van der Waals surface area (Å²) >= 11 is 0. The van der Waals surface area contributed by atoms with Crippen LogP contribution in [0, 0.1) is 0 Å². The number of carbonyl (C=O) groups excluding carboxylic acids is 1. The number of allylic oxidation sites excluding steroid dienone is 1. The summed E-state index contributed by atoms with van der Waals surface area (Å²) in [5, 5.41) is 3.86. The van der Waals surface area contributed by atoms with Crippen molar-refractivity contribution in [3.05, 3.63) is 42.0 Å². The molecule has 4 heteroatoms. The first-order chi connectivity index (χ1) is 8.22. The Morgan fingerprint density at radius 3 is 2.76 bits per heavy atom. The van der Waals surface area contributed by atoms with E-state index in [1.807, 2.05) is 42.5 Å². The van der Waals surface area contributed by atoms with Gasteiger partial charge in [0.05, 0.1) is 12.3 Å². The van der Waals surface area contributed by atoms with E-state index in [1.165, 1.54) is 0 Å². The molecule has 0 heterocycles. The van der Waals surface area contributed by atoms with E-state index in [0.29, 0.717) is 12.3 Å². The second kappa shape index (κ2) is 7.22. The number of nitrogens with one attached hydrogen (secondary N) is 1. The van der Waals surface area contributed by atoms with Crippen molar-refractivity contribution in [1.29, 1.82) is 0 Å². The lowest BCUT2D eigenvalue weighted by Crippen LogP contribution is -2.19. The topological polar surface area (TPSA) is 50.7 Å². The van der Waals surface area contributed by atoms with Gasteiger partial charge in [-0.25, -0.2) is 10.2 Å². The molecule has 0 atom stereocenters. The third kappa shape index (κ3) is 5.51. The maximum absolute atomic E-state index is 11.0. The van der Waals surface area contributed by atoms with Gasteiger partial charge in [-0.2, -0.15) is 5.10 Å². The summed E-state index contributed by atoms with van der Waals surface area (Å²) in [6.07, 6.45) is 3.20. The normalized spacial score (nSPS) is 11.5. The van der Waals surface area contributed by atoms with Crippen LogP contribution in [0.2, 0.25) is 0 Å². The van der Waals surface area contributed by atoms with Crippen LogP contribution in [0.3, 0.4) is 0 Å². The number of benzene rings is 1. The smallest absolute Gasteiger partial charge is 0.427 e. The fraction of sp³-hybridized carbons (Fsp3) is 0.231. The predicted molar refractivity (Wildman–Crippen MR) is 68.7 cm³/mol. The molecule has 0 aliphatic carbocycles. The van der Waals surface area contributed by atoms with Gasteiger partial charge in [-0.15, -0.1) is 0 Å². The molecule has 0 aliphatic heterocycles. The molecule has 1 N–H and O–H groups in total. The molecule has 0 aliphatic rings. The first-order valence-corrected chi connectivity index (χ1v) is 5.42. The van der Waals surface area contributed by atoms with Crippen LogP contribution in [0.5, 0.6) is 0 Å². The van der Waals surface area contributed by atoms with Gasteiger partial charge in [0, 0.05) is 0 Å². The largest absolute Gasteiger partial charge is 0.449 e. The van der Waals surface area contributed by atoms with Gasteiger partial charge in [0.25, 0.3) is 0 Å². The second-order valence-electron chi connectivity index (χ2n) is 3.33. The second-order valence-corrected chi connectivity index (χ2v) is 3.33. The SMILES string of the molecule is CCOC(=O)NN=C(C)/C=C/c1ccccc1. The quantitative estimate of drug-likeness (QED) is 0.641. The Bertz CT molecular complexity index is 411. The minimum Gasteiger partial charge on any atom is -0.449 e. The van der Waals surface area contributed by atoms with Crippen LogP contribution in [0.4, 0.5) is 4.79 Å². The molecular formula is C13H16N2O2. The highest BCUT2D eigenvalue weighted by atomic mass is 16.5. The highest BCUT2D eigenvalue weighted by molar-refractivity contribution is 5.96. The minimum absolute atomic E-state index is 0.334. The molecule has 0 radical (unpaired) electrons. The summed E-state index contributed by atoms with van der Waals surface area (Å²) in [7, 11) is 0. The molecule has 0 unspecified atom stereocenters. The highest BCUT2D eigenvalue weighted by Gasteiger charge is 1.95. The number of hydrazone groups is 1. The molecule has 1 aromatic carbocycles. The third-order valence-electron chi connectivity index (χ3n) is 1.92. The van der Waals surface area contributed by atoms with Crippen molar-refractivity contribution in [2.45, 2.75) is 13.8 Å². The van der Waals surface area contributed by atoms with Crippen LogP contribution in [0.1, 0.15) is 19.4 Å². The Morgan fingerprint density at radius 1 is 1.41 bits per heavy atom. The summed E-state index contributed by atoms with van der Waals surface area (Å²) in [5.41, 5.74) is 4.07. The lowest BCUT2D eigenvalue weighted by atomic mass is 10.2. The average Bonchev–Trinajstić information content (AvgIpc) is 2.35. The molecule has 1 rings (SSSR count). The molecule has 0 saturated carbocycles. The average molecular weight is 232 g/mol. The number of ether oxygens (including phenoxy) is 1. The molecule has 90 valence electrons. The number of rotatable bonds is 4. The van der Waals surface area contributed by atoms with Crippen molar-refractivity contribution in [2.24, 2.45) is 5.10 Å². The van der Waals surface area contributed by atoms with Crippen molar-refractivity contribution in [1.82, 2.24) is 5.43 Å². The Hall–Kier alpha value is -2.10. The van der Waals surface area contributed by atoms with E-state index in [0.717, 1.165) is 5.56 Å². The molecule has 1 amide bonds. The molecule has 0 spiro atoms. The lowest BCUT2D eigenvalue weighted by molar-refractivity contribution is 0.152.